The molecule has 0 aliphatic rings. The molecule has 0 aliphatic heterocycles. The van der Waals surface area contributed by atoms with Gasteiger partial charge < -0.3 is 7.16 Å². The molecule has 152 valence electrons. The zero-order chi connectivity index (χ0) is 21.3. The van der Waals surface area contributed by atoms with E-state index in [0.717, 1.165) is 11.3 Å². The number of hydrogen-bond acceptors (Lipinski definition) is 6. The minimum atomic E-state index is -4.46. The van der Waals surface area contributed by atoms with E-state index in [9.17, 15) is 13.0 Å². The fourth-order valence-electron chi connectivity index (χ4n) is 3.10. The number of nitrogen functional groups attached to an aromatic ring is 1. The van der Waals surface area contributed by atoms with Gasteiger partial charge in [-0.25, -0.2) is 0 Å². The Bertz CT molecular complexity index is 1380. The molecule has 3 aromatic carbocycles. The smallest absolute Gasteiger partial charge is 1.00 e. The van der Waals surface area contributed by atoms with Crippen LogP contribution in [0.5, 0.6) is 0 Å². The predicted octanol–water partition coefficient (Wildman–Crippen LogP) is 2.57. The van der Waals surface area contributed by atoms with E-state index in [-0.39, 0.29) is 47.3 Å². The second kappa shape index (κ2) is 9.25. The van der Waals surface area contributed by atoms with Crippen molar-refractivity contribution in [3.63, 3.8) is 0 Å². The summed E-state index contributed by atoms with van der Waals surface area (Å²) in [6.45, 7) is 2.02. The number of nitrogens with zero attached hydrogens (tertiary/aromatic N) is 3. The van der Waals surface area contributed by atoms with Gasteiger partial charge in [0.2, 0.25) is 0 Å². The second-order valence-electron chi connectivity index (χ2n) is 6.80. The molecule has 4 rings (SSSR count). The van der Waals surface area contributed by atoms with Crippen molar-refractivity contribution in [2.75, 3.05) is 5.73 Å². The van der Waals surface area contributed by atoms with Gasteiger partial charge in [0.05, 0.1) is 17.6 Å². The number of nitrogens with two attached hydrogens (primary N) is 1. The van der Waals surface area contributed by atoms with Crippen LogP contribution in [0.15, 0.2) is 88.1 Å². The van der Waals surface area contributed by atoms with Crippen molar-refractivity contribution in [3.05, 3.63) is 78.5 Å². The monoisotopic (exact) mass is 442 g/mol. The average molecular weight is 442 g/mol. The molecule has 7 nitrogen and oxygen atoms in total. The molecule has 0 fully saturated rings. The Morgan fingerprint density at radius 3 is 2.26 bits per heavy atom. The topological polar surface area (TPSA) is 118 Å². The van der Waals surface area contributed by atoms with Gasteiger partial charge in [0.1, 0.15) is 16.3 Å². The van der Waals surface area contributed by atoms with E-state index < -0.39 is 10.1 Å². The third-order valence-corrected chi connectivity index (χ3v) is 5.57. The Morgan fingerprint density at radius 2 is 1.65 bits per heavy atom. The van der Waals surface area contributed by atoms with Gasteiger partial charge >= 0.3 is 29.6 Å². The molecule has 9 heteroatoms. The van der Waals surface area contributed by atoms with E-state index in [4.69, 9.17) is 5.73 Å². The van der Waals surface area contributed by atoms with Crippen LogP contribution in [0, 0.1) is 6.92 Å². The van der Waals surface area contributed by atoms with Gasteiger partial charge in [-0.2, -0.15) is 8.42 Å². The summed E-state index contributed by atoms with van der Waals surface area (Å²) in [5.41, 5.74) is 10.0. The number of aromatic nitrogens is 1. The SMILES string of the molecule is Cc1ccc(-c2ccc(N=Nc3cc(S(=O)(=O)O)c4ccccc4c3N)cn2)cc1.[H-].[Na+]. The van der Waals surface area contributed by atoms with Crippen LogP contribution in [0.2, 0.25) is 0 Å². The van der Waals surface area contributed by atoms with E-state index >= 15 is 0 Å². The molecule has 1 aromatic heterocycles. The van der Waals surface area contributed by atoms with Crippen LogP contribution in [0.25, 0.3) is 22.0 Å². The summed E-state index contributed by atoms with van der Waals surface area (Å²) in [6.07, 6.45) is 1.57. The first-order chi connectivity index (χ1) is 14.3. The van der Waals surface area contributed by atoms with Crippen molar-refractivity contribution in [3.8, 4) is 11.3 Å². The van der Waals surface area contributed by atoms with E-state index in [0.29, 0.717) is 16.5 Å². The van der Waals surface area contributed by atoms with Crippen LogP contribution in [-0.4, -0.2) is 18.0 Å². The van der Waals surface area contributed by atoms with Crippen LogP contribution < -0.4 is 35.3 Å². The molecular formula is C22H19N4NaO3S. The van der Waals surface area contributed by atoms with Gasteiger partial charge in [-0.05, 0) is 25.1 Å². The van der Waals surface area contributed by atoms with Crippen LogP contribution in [0.4, 0.5) is 17.1 Å². The number of fused-ring (bicyclic) bond motifs is 1. The summed E-state index contributed by atoms with van der Waals surface area (Å²) in [5.74, 6) is 0. The third-order valence-electron chi connectivity index (χ3n) is 4.67. The second-order valence-corrected chi connectivity index (χ2v) is 8.19. The summed E-state index contributed by atoms with van der Waals surface area (Å²) in [5, 5.41) is 9.01. The molecule has 0 atom stereocenters. The third kappa shape index (κ3) is 5.00. The summed E-state index contributed by atoms with van der Waals surface area (Å²) in [4.78, 5) is 4.13. The Balaban J connectivity index is 0.00000181. The zero-order valence-corrected chi connectivity index (χ0v) is 19.8. The molecule has 0 aliphatic carbocycles. The molecule has 31 heavy (non-hydrogen) atoms. The average Bonchev–Trinajstić information content (AvgIpc) is 2.73. The van der Waals surface area contributed by atoms with Crippen LogP contribution in [-0.2, 0) is 10.1 Å². The molecular weight excluding hydrogens is 423 g/mol. The number of aryl methyl sites for hydroxylation is 1. The Kier molecular flexibility index (Phi) is 6.88. The number of azo groups is 1. The summed E-state index contributed by atoms with van der Waals surface area (Å²) < 4.78 is 33.2. The summed E-state index contributed by atoms with van der Waals surface area (Å²) in [6, 6.07) is 19.4. The number of rotatable bonds is 4. The number of hydrogen-bond donors (Lipinski definition) is 2. The van der Waals surface area contributed by atoms with Crippen LogP contribution in [0.3, 0.4) is 0 Å². The molecule has 0 radical (unpaired) electrons. The summed E-state index contributed by atoms with van der Waals surface area (Å²) in [7, 11) is -4.46. The van der Waals surface area contributed by atoms with Crippen molar-refractivity contribution in [2.45, 2.75) is 11.8 Å². The van der Waals surface area contributed by atoms with E-state index in [1.165, 1.54) is 11.6 Å². The van der Waals surface area contributed by atoms with Crippen molar-refractivity contribution < 1.29 is 44.0 Å². The van der Waals surface area contributed by atoms with E-state index in [1.807, 2.05) is 37.3 Å². The van der Waals surface area contributed by atoms with Gasteiger partial charge in [-0.15, -0.1) is 10.2 Å². The van der Waals surface area contributed by atoms with Gasteiger partial charge in [-0.3, -0.25) is 9.54 Å². The maximum atomic E-state index is 11.8. The minimum Gasteiger partial charge on any atom is -1.00 e. The van der Waals surface area contributed by atoms with E-state index in [1.54, 1.807) is 36.5 Å². The largest absolute Gasteiger partial charge is 1.00 e. The molecule has 3 N–H and O–H groups in total. The molecule has 1 heterocycles. The normalized spacial score (nSPS) is 11.5. The molecule has 0 saturated heterocycles. The van der Waals surface area contributed by atoms with Crippen molar-refractivity contribution in [2.24, 2.45) is 10.2 Å². The fraction of sp³-hybridized carbons (Fsp3) is 0.0455. The van der Waals surface area contributed by atoms with Gasteiger partial charge in [0.15, 0.2) is 0 Å². The predicted molar refractivity (Wildman–Crippen MR) is 118 cm³/mol. The molecule has 0 spiro atoms. The molecule has 0 amide bonds. The van der Waals surface area contributed by atoms with Crippen LogP contribution in [0.1, 0.15) is 6.99 Å². The first kappa shape index (κ1) is 23.1. The van der Waals surface area contributed by atoms with Gasteiger partial charge in [0, 0.05) is 16.3 Å². The molecule has 0 unspecified atom stereocenters. The van der Waals surface area contributed by atoms with Crippen LogP contribution >= 0.6 is 0 Å². The van der Waals surface area contributed by atoms with Crippen molar-refractivity contribution in [1.82, 2.24) is 4.98 Å². The first-order valence-corrected chi connectivity index (χ1v) is 10.5. The Morgan fingerprint density at radius 1 is 0.968 bits per heavy atom. The standard InChI is InChI=1S/C22H18N4O3S.Na.H/c1-14-6-8-15(9-7-14)19-11-10-16(13-24-19)25-26-20-12-21(30(27,28)29)17-4-2-3-5-18(17)22(20)23;;/h2-13H,23H2,1H3,(H,27,28,29);;/q;+1;-1. The maximum absolute atomic E-state index is 11.8. The Labute approximate surface area is 203 Å². The van der Waals surface area contributed by atoms with E-state index in [2.05, 4.69) is 15.2 Å². The number of benzene rings is 3. The van der Waals surface area contributed by atoms with Gasteiger partial charge in [-0.1, -0.05) is 54.1 Å². The molecule has 0 bridgehead atoms. The maximum Gasteiger partial charge on any atom is 1.00 e. The van der Waals surface area contributed by atoms with Crippen molar-refractivity contribution in [1.29, 1.82) is 0 Å². The number of anilines is 1. The first-order valence-electron chi connectivity index (χ1n) is 9.06. The van der Waals surface area contributed by atoms with Crippen molar-refractivity contribution >= 4 is 38.0 Å². The fourth-order valence-corrected chi connectivity index (χ4v) is 3.82. The number of pyridine rings is 1. The Hall–Kier alpha value is -2.62. The van der Waals surface area contributed by atoms with Gasteiger partial charge in [0.25, 0.3) is 10.1 Å². The molecule has 0 saturated carbocycles. The quantitative estimate of drug-likeness (QED) is 0.218. The zero-order valence-electron chi connectivity index (χ0n) is 18.0. The summed E-state index contributed by atoms with van der Waals surface area (Å²) >= 11 is 0. The molecule has 4 aromatic rings. The minimum absolute atomic E-state index is 0.